The van der Waals surface area contributed by atoms with Gasteiger partial charge in [-0.15, -0.1) is 0 Å². The molecule has 1 N–H and O–H groups in total. The van der Waals surface area contributed by atoms with Gasteiger partial charge in [-0.1, -0.05) is 48.5 Å². The number of hydrogen-bond acceptors (Lipinski definition) is 2. The molecule has 4 heteroatoms. The second kappa shape index (κ2) is 6.72. The van der Waals surface area contributed by atoms with E-state index in [2.05, 4.69) is 10.4 Å². The molecule has 0 saturated heterocycles. The van der Waals surface area contributed by atoms with Gasteiger partial charge in [-0.05, 0) is 23.3 Å². The van der Waals surface area contributed by atoms with E-state index >= 15 is 0 Å². The fourth-order valence-corrected chi connectivity index (χ4v) is 2.22. The minimum Gasteiger partial charge on any atom is -0.352 e. The Morgan fingerprint density at radius 2 is 1.64 bits per heavy atom. The van der Waals surface area contributed by atoms with E-state index in [1.165, 1.54) is 0 Å². The second-order valence-electron chi connectivity index (χ2n) is 5.07. The van der Waals surface area contributed by atoms with Crippen molar-refractivity contribution in [1.82, 2.24) is 15.1 Å². The maximum Gasteiger partial charge on any atom is 0.224 e. The molecule has 1 amide bonds. The zero-order chi connectivity index (χ0) is 15.2. The average molecular weight is 291 g/mol. The van der Waals surface area contributed by atoms with Crippen molar-refractivity contribution in [2.24, 2.45) is 0 Å². The zero-order valence-electron chi connectivity index (χ0n) is 12.1. The molecule has 110 valence electrons. The molecule has 0 saturated carbocycles. The Balaban J connectivity index is 1.57. The SMILES string of the molecule is O=C(Cc1cnn(-c2ccccc2)c1)NCc1ccccc1. The predicted octanol–water partition coefficient (Wildman–Crippen LogP) is 2.73. The van der Waals surface area contributed by atoms with Gasteiger partial charge in [0.2, 0.25) is 5.91 Å². The van der Waals surface area contributed by atoms with Crippen LogP contribution in [-0.2, 0) is 17.8 Å². The molecular weight excluding hydrogens is 274 g/mol. The van der Waals surface area contributed by atoms with Crippen LogP contribution in [0.4, 0.5) is 0 Å². The lowest BCUT2D eigenvalue weighted by Crippen LogP contribution is -2.24. The highest BCUT2D eigenvalue weighted by Crippen LogP contribution is 2.08. The van der Waals surface area contributed by atoms with Gasteiger partial charge in [-0.3, -0.25) is 4.79 Å². The summed E-state index contributed by atoms with van der Waals surface area (Å²) >= 11 is 0. The van der Waals surface area contributed by atoms with E-state index in [-0.39, 0.29) is 5.91 Å². The van der Waals surface area contributed by atoms with Crippen molar-refractivity contribution < 1.29 is 4.79 Å². The van der Waals surface area contributed by atoms with E-state index in [1.807, 2.05) is 66.9 Å². The molecule has 1 heterocycles. The highest BCUT2D eigenvalue weighted by molar-refractivity contribution is 5.78. The summed E-state index contributed by atoms with van der Waals surface area (Å²) < 4.78 is 1.78. The highest BCUT2D eigenvalue weighted by Gasteiger charge is 2.06. The van der Waals surface area contributed by atoms with E-state index in [0.29, 0.717) is 13.0 Å². The number of hydrogen-bond donors (Lipinski definition) is 1. The molecule has 2 aromatic carbocycles. The van der Waals surface area contributed by atoms with Crippen molar-refractivity contribution in [1.29, 1.82) is 0 Å². The van der Waals surface area contributed by atoms with Gasteiger partial charge in [0.15, 0.2) is 0 Å². The van der Waals surface area contributed by atoms with Crippen molar-refractivity contribution in [2.45, 2.75) is 13.0 Å². The third-order valence-corrected chi connectivity index (χ3v) is 3.35. The summed E-state index contributed by atoms with van der Waals surface area (Å²) in [4.78, 5) is 12.0. The van der Waals surface area contributed by atoms with Gasteiger partial charge in [-0.25, -0.2) is 4.68 Å². The standard InChI is InChI=1S/C18H17N3O/c22-18(19-12-15-7-3-1-4-8-15)11-16-13-20-21(14-16)17-9-5-2-6-10-17/h1-10,13-14H,11-12H2,(H,19,22). The first-order valence-corrected chi connectivity index (χ1v) is 7.21. The number of nitrogens with zero attached hydrogens (tertiary/aromatic N) is 2. The topological polar surface area (TPSA) is 46.9 Å². The lowest BCUT2D eigenvalue weighted by Gasteiger charge is -2.04. The van der Waals surface area contributed by atoms with Crippen LogP contribution in [0, 0.1) is 0 Å². The number of carbonyl (C=O) groups is 1. The van der Waals surface area contributed by atoms with Crippen molar-refractivity contribution in [2.75, 3.05) is 0 Å². The molecule has 3 aromatic rings. The lowest BCUT2D eigenvalue weighted by atomic mass is 10.2. The van der Waals surface area contributed by atoms with E-state index < -0.39 is 0 Å². The van der Waals surface area contributed by atoms with Gasteiger partial charge in [0.25, 0.3) is 0 Å². The maximum absolute atomic E-state index is 12.0. The predicted molar refractivity (Wildman–Crippen MR) is 85.6 cm³/mol. The highest BCUT2D eigenvalue weighted by atomic mass is 16.1. The van der Waals surface area contributed by atoms with Crippen LogP contribution in [0.15, 0.2) is 73.1 Å². The summed E-state index contributed by atoms with van der Waals surface area (Å²) in [7, 11) is 0. The summed E-state index contributed by atoms with van der Waals surface area (Å²) in [5.41, 5.74) is 2.98. The maximum atomic E-state index is 12.0. The van der Waals surface area contributed by atoms with Crippen LogP contribution in [0.2, 0.25) is 0 Å². The number of aromatic nitrogens is 2. The number of rotatable bonds is 5. The minimum absolute atomic E-state index is 0.00327. The van der Waals surface area contributed by atoms with Crippen molar-refractivity contribution in [3.05, 3.63) is 84.2 Å². The van der Waals surface area contributed by atoms with Gasteiger partial charge < -0.3 is 5.32 Å². The smallest absolute Gasteiger partial charge is 0.224 e. The Morgan fingerprint density at radius 3 is 2.36 bits per heavy atom. The number of amides is 1. The Morgan fingerprint density at radius 1 is 0.955 bits per heavy atom. The molecule has 0 radical (unpaired) electrons. The molecule has 0 aliphatic carbocycles. The summed E-state index contributed by atoms with van der Waals surface area (Å²) in [6.07, 6.45) is 3.95. The normalized spacial score (nSPS) is 10.4. The number of nitrogens with one attached hydrogen (secondary N) is 1. The summed E-state index contributed by atoms with van der Waals surface area (Å²) in [6.45, 7) is 0.548. The molecule has 0 fully saturated rings. The van der Waals surface area contributed by atoms with E-state index in [4.69, 9.17) is 0 Å². The van der Waals surface area contributed by atoms with Crippen LogP contribution in [-0.4, -0.2) is 15.7 Å². The quantitative estimate of drug-likeness (QED) is 0.785. The van der Waals surface area contributed by atoms with E-state index in [0.717, 1.165) is 16.8 Å². The van der Waals surface area contributed by atoms with Crippen LogP contribution in [0.25, 0.3) is 5.69 Å². The van der Waals surface area contributed by atoms with Crippen LogP contribution < -0.4 is 5.32 Å². The fraction of sp³-hybridized carbons (Fsp3) is 0.111. The largest absolute Gasteiger partial charge is 0.352 e. The second-order valence-corrected chi connectivity index (χ2v) is 5.07. The monoisotopic (exact) mass is 291 g/mol. The molecule has 4 nitrogen and oxygen atoms in total. The first-order chi connectivity index (χ1) is 10.8. The average Bonchev–Trinajstić information content (AvgIpc) is 3.03. The van der Waals surface area contributed by atoms with Gasteiger partial charge in [0.05, 0.1) is 18.3 Å². The van der Waals surface area contributed by atoms with Gasteiger partial charge in [0.1, 0.15) is 0 Å². The minimum atomic E-state index is -0.00327. The third-order valence-electron chi connectivity index (χ3n) is 3.35. The first-order valence-electron chi connectivity index (χ1n) is 7.21. The molecule has 0 aliphatic heterocycles. The number of carbonyl (C=O) groups excluding carboxylic acids is 1. The Hall–Kier alpha value is -2.88. The van der Waals surface area contributed by atoms with Crippen LogP contribution in [0.1, 0.15) is 11.1 Å². The van der Waals surface area contributed by atoms with Crippen LogP contribution >= 0.6 is 0 Å². The van der Waals surface area contributed by atoms with Crippen LogP contribution in [0.5, 0.6) is 0 Å². The molecule has 22 heavy (non-hydrogen) atoms. The molecule has 0 unspecified atom stereocenters. The Labute approximate surface area is 129 Å². The molecule has 1 aromatic heterocycles. The summed E-state index contributed by atoms with van der Waals surface area (Å²) in [6, 6.07) is 19.7. The molecule has 0 bridgehead atoms. The zero-order valence-corrected chi connectivity index (χ0v) is 12.1. The summed E-state index contributed by atoms with van der Waals surface area (Å²) in [5, 5.41) is 7.21. The number of para-hydroxylation sites is 1. The van der Waals surface area contributed by atoms with Crippen molar-refractivity contribution in [3.8, 4) is 5.69 Å². The molecule has 3 rings (SSSR count). The molecule has 0 spiro atoms. The Bertz CT molecular complexity index is 735. The van der Waals surface area contributed by atoms with Crippen molar-refractivity contribution >= 4 is 5.91 Å². The van der Waals surface area contributed by atoms with E-state index in [9.17, 15) is 4.79 Å². The molecular formula is C18H17N3O. The Kier molecular flexibility index (Phi) is 4.30. The van der Waals surface area contributed by atoms with Gasteiger partial charge >= 0.3 is 0 Å². The van der Waals surface area contributed by atoms with Gasteiger partial charge in [-0.2, -0.15) is 5.10 Å². The molecule has 0 aliphatic rings. The van der Waals surface area contributed by atoms with Crippen LogP contribution in [0.3, 0.4) is 0 Å². The first kappa shape index (κ1) is 14.1. The third kappa shape index (κ3) is 3.61. The van der Waals surface area contributed by atoms with Crippen molar-refractivity contribution in [3.63, 3.8) is 0 Å². The summed E-state index contributed by atoms with van der Waals surface area (Å²) in [5.74, 6) is -0.00327. The van der Waals surface area contributed by atoms with E-state index in [1.54, 1.807) is 10.9 Å². The lowest BCUT2D eigenvalue weighted by molar-refractivity contribution is -0.120. The molecule has 0 atom stereocenters. The van der Waals surface area contributed by atoms with Gasteiger partial charge in [0, 0.05) is 12.7 Å². The fourth-order valence-electron chi connectivity index (χ4n) is 2.22. The number of benzene rings is 2.